The second-order valence-electron chi connectivity index (χ2n) is 4.52. The highest BCUT2D eigenvalue weighted by atomic mass is 79.9. The number of hydrogen-bond donors (Lipinski definition) is 1. The smallest absolute Gasteiger partial charge is 0.133 e. The lowest BCUT2D eigenvalue weighted by Gasteiger charge is -2.15. The van der Waals surface area contributed by atoms with Crippen molar-refractivity contribution in [3.05, 3.63) is 58.1 Å². The Morgan fingerprint density at radius 1 is 1.05 bits per heavy atom. The van der Waals surface area contributed by atoms with Gasteiger partial charge in [0.1, 0.15) is 11.5 Å². The van der Waals surface area contributed by atoms with Crippen molar-refractivity contribution in [3.63, 3.8) is 0 Å². The average molecular weight is 336 g/mol. The zero-order valence-electron chi connectivity index (χ0n) is 11.6. The highest BCUT2D eigenvalue weighted by Gasteiger charge is 2.12. The number of rotatable bonds is 5. The Morgan fingerprint density at radius 2 is 1.75 bits per heavy atom. The molecule has 1 unspecified atom stereocenters. The fourth-order valence-corrected chi connectivity index (χ4v) is 2.70. The molecule has 0 saturated carbocycles. The second-order valence-corrected chi connectivity index (χ2v) is 5.37. The van der Waals surface area contributed by atoms with E-state index in [9.17, 15) is 0 Å². The first-order valence-electron chi connectivity index (χ1n) is 6.36. The summed E-state index contributed by atoms with van der Waals surface area (Å²) in [5, 5.41) is 0. The summed E-state index contributed by atoms with van der Waals surface area (Å²) in [4.78, 5) is 0. The fourth-order valence-electron chi connectivity index (χ4n) is 2.14. The summed E-state index contributed by atoms with van der Waals surface area (Å²) in [5.74, 6) is 1.67. The maximum Gasteiger partial charge on any atom is 0.133 e. The minimum Gasteiger partial charge on any atom is -0.496 e. The highest BCUT2D eigenvalue weighted by Crippen LogP contribution is 2.29. The van der Waals surface area contributed by atoms with Crippen LogP contribution in [0.25, 0.3) is 0 Å². The number of para-hydroxylation sites is 1. The highest BCUT2D eigenvalue weighted by molar-refractivity contribution is 9.10. The van der Waals surface area contributed by atoms with Crippen molar-refractivity contribution in [1.82, 2.24) is 0 Å². The lowest BCUT2D eigenvalue weighted by atomic mass is 9.99. The molecule has 0 bridgehead atoms. The Balaban J connectivity index is 2.19. The zero-order valence-corrected chi connectivity index (χ0v) is 13.2. The van der Waals surface area contributed by atoms with Gasteiger partial charge in [-0.2, -0.15) is 0 Å². The molecule has 0 heterocycles. The first-order valence-corrected chi connectivity index (χ1v) is 7.16. The summed E-state index contributed by atoms with van der Waals surface area (Å²) >= 11 is 3.48. The SMILES string of the molecule is COc1ccc(C(N)Cc2ccccc2OC)cc1Br. The van der Waals surface area contributed by atoms with Gasteiger partial charge in [-0.3, -0.25) is 0 Å². The molecule has 20 heavy (non-hydrogen) atoms. The molecule has 0 aliphatic carbocycles. The predicted molar refractivity (Wildman–Crippen MR) is 84.3 cm³/mol. The summed E-state index contributed by atoms with van der Waals surface area (Å²) in [6, 6.07) is 13.8. The fraction of sp³-hybridized carbons (Fsp3) is 0.250. The Morgan fingerprint density at radius 3 is 2.40 bits per heavy atom. The molecular formula is C16H18BrNO2. The number of benzene rings is 2. The number of nitrogens with two attached hydrogens (primary N) is 1. The van der Waals surface area contributed by atoms with E-state index in [2.05, 4.69) is 15.9 Å². The van der Waals surface area contributed by atoms with Gasteiger partial charge < -0.3 is 15.2 Å². The van der Waals surface area contributed by atoms with E-state index in [4.69, 9.17) is 15.2 Å². The maximum atomic E-state index is 6.29. The summed E-state index contributed by atoms with van der Waals surface area (Å²) in [6.45, 7) is 0. The van der Waals surface area contributed by atoms with E-state index in [-0.39, 0.29) is 6.04 Å². The zero-order chi connectivity index (χ0) is 14.5. The van der Waals surface area contributed by atoms with Gasteiger partial charge in [0.25, 0.3) is 0 Å². The molecule has 0 saturated heterocycles. The van der Waals surface area contributed by atoms with E-state index in [1.54, 1.807) is 14.2 Å². The summed E-state index contributed by atoms with van der Waals surface area (Å²) in [5.41, 5.74) is 8.46. The van der Waals surface area contributed by atoms with Crippen molar-refractivity contribution in [2.45, 2.75) is 12.5 Å². The van der Waals surface area contributed by atoms with Crippen LogP contribution in [0.4, 0.5) is 0 Å². The topological polar surface area (TPSA) is 44.5 Å². The van der Waals surface area contributed by atoms with Crippen LogP contribution in [0.2, 0.25) is 0 Å². The van der Waals surface area contributed by atoms with Gasteiger partial charge in [0.15, 0.2) is 0 Å². The maximum absolute atomic E-state index is 6.29. The molecule has 0 aliphatic rings. The van der Waals surface area contributed by atoms with Crippen molar-refractivity contribution < 1.29 is 9.47 Å². The molecular weight excluding hydrogens is 318 g/mol. The molecule has 0 fully saturated rings. The van der Waals surface area contributed by atoms with Crippen LogP contribution < -0.4 is 15.2 Å². The Labute approximate surface area is 127 Å². The summed E-state index contributed by atoms with van der Waals surface area (Å²) in [7, 11) is 3.32. The van der Waals surface area contributed by atoms with Gasteiger partial charge in [-0.05, 0) is 51.7 Å². The standard InChI is InChI=1S/C16H18BrNO2/c1-19-15-6-4-3-5-12(15)10-14(18)11-7-8-16(20-2)13(17)9-11/h3-9,14H,10,18H2,1-2H3. The van der Waals surface area contributed by atoms with Crippen LogP contribution in [-0.2, 0) is 6.42 Å². The van der Waals surface area contributed by atoms with Gasteiger partial charge in [-0.1, -0.05) is 24.3 Å². The molecule has 2 rings (SSSR count). The number of halogens is 1. The molecule has 0 aliphatic heterocycles. The van der Waals surface area contributed by atoms with E-state index in [0.717, 1.165) is 33.5 Å². The van der Waals surface area contributed by atoms with Gasteiger partial charge in [-0.15, -0.1) is 0 Å². The molecule has 1 atom stereocenters. The third-order valence-electron chi connectivity index (χ3n) is 3.24. The van der Waals surface area contributed by atoms with Crippen LogP contribution in [0.1, 0.15) is 17.2 Å². The molecule has 0 amide bonds. The Bertz CT molecular complexity index is 586. The van der Waals surface area contributed by atoms with E-state index in [0.29, 0.717) is 0 Å². The van der Waals surface area contributed by atoms with Gasteiger partial charge in [-0.25, -0.2) is 0 Å². The van der Waals surface area contributed by atoms with Crippen LogP contribution in [-0.4, -0.2) is 14.2 Å². The van der Waals surface area contributed by atoms with Crippen molar-refractivity contribution in [2.75, 3.05) is 14.2 Å². The van der Waals surface area contributed by atoms with Crippen LogP contribution in [0.5, 0.6) is 11.5 Å². The molecule has 2 aromatic rings. The monoisotopic (exact) mass is 335 g/mol. The van der Waals surface area contributed by atoms with Crippen LogP contribution in [0.15, 0.2) is 46.9 Å². The van der Waals surface area contributed by atoms with Crippen LogP contribution in [0, 0.1) is 0 Å². The molecule has 106 valence electrons. The summed E-state index contributed by atoms with van der Waals surface area (Å²) in [6.07, 6.45) is 0.725. The lowest BCUT2D eigenvalue weighted by Crippen LogP contribution is -2.14. The quantitative estimate of drug-likeness (QED) is 0.905. The number of methoxy groups -OCH3 is 2. The van der Waals surface area contributed by atoms with Crippen LogP contribution in [0.3, 0.4) is 0 Å². The Hall–Kier alpha value is -1.52. The third-order valence-corrected chi connectivity index (χ3v) is 3.86. The average Bonchev–Trinajstić information content (AvgIpc) is 2.47. The minimum atomic E-state index is -0.0893. The largest absolute Gasteiger partial charge is 0.496 e. The minimum absolute atomic E-state index is 0.0893. The van der Waals surface area contributed by atoms with Crippen molar-refractivity contribution in [3.8, 4) is 11.5 Å². The van der Waals surface area contributed by atoms with Crippen molar-refractivity contribution in [2.24, 2.45) is 5.73 Å². The third kappa shape index (κ3) is 3.32. The molecule has 0 spiro atoms. The van der Waals surface area contributed by atoms with Crippen LogP contribution >= 0.6 is 15.9 Å². The summed E-state index contributed by atoms with van der Waals surface area (Å²) < 4.78 is 11.5. The Kier molecular flexibility index (Phi) is 5.04. The van der Waals surface area contributed by atoms with E-state index >= 15 is 0 Å². The normalized spacial score (nSPS) is 12.0. The lowest BCUT2D eigenvalue weighted by molar-refractivity contribution is 0.407. The molecule has 2 N–H and O–H groups in total. The molecule has 0 aromatic heterocycles. The molecule has 0 radical (unpaired) electrons. The first kappa shape index (κ1) is 14.9. The molecule has 4 heteroatoms. The second kappa shape index (κ2) is 6.77. The van der Waals surface area contributed by atoms with Gasteiger partial charge in [0, 0.05) is 6.04 Å². The number of hydrogen-bond acceptors (Lipinski definition) is 3. The molecule has 3 nitrogen and oxygen atoms in total. The van der Waals surface area contributed by atoms with Gasteiger partial charge in [0.05, 0.1) is 18.7 Å². The van der Waals surface area contributed by atoms with E-state index in [1.807, 2.05) is 42.5 Å². The molecule has 2 aromatic carbocycles. The first-order chi connectivity index (χ1) is 9.65. The van der Waals surface area contributed by atoms with Gasteiger partial charge >= 0.3 is 0 Å². The predicted octanol–water partition coefficient (Wildman–Crippen LogP) is 3.71. The van der Waals surface area contributed by atoms with E-state index < -0.39 is 0 Å². The van der Waals surface area contributed by atoms with E-state index in [1.165, 1.54) is 0 Å². The van der Waals surface area contributed by atoms with Gasteiger partial charge in [0.2, 0.25) is 0 Å². The van der Waals surface area contributed by atoms with Crippen molar-refractivity contribution in [1.29, 1.82) is 0 Å². The number of ether oxygens (including phenoxy) is 2. The van der Waals surface area contributed by atoms with Crippen molar-refractivity contribution >= 4 is 15.9 Å².